The highest BCUT2D eigenvalue weighted by Crippen LogP contribution is 2.29. The summed E-state index contributed by atoms with van der Waals surface area (Å²) in [7, 11) is 0. The first kappa shape index (κ1) is 24.3. The third-order valence-electron chi connectivity index (χ3n) is 6.76. The van der Waals surface area contributed by atoms with Crippen LogP contribution in [0.2, 0.25) is 0 Å². The van der Waals surface area contributed by atoms with Crippen molar-refractivity contribution < 1.29 is 4.74 Å². The second-order valence-electron chi connectivity index (χ2n) is 9.58. The van der Waals surface area contributed by atoms with Crippen LogP contribution in [0.1, 0.15) is 11.1 Å². The van der Waals surface area contributed by atoms with Crippen molar-refractivity contribution in [3.05, 3.63) is 169 Å². The Morgan fingerprint density at radius 2 is 0.744 bits per heavy atom. The van der Waals surface area contributed by atoms with Gasteiger partial charge in [-0.2, -0.15) is 0 Å². The molecule has 0 radical (unpaired) electrons. The van der Waals surface area contributed by atoms with Crippen molar-refractivity contribution >= 4 is 11.4 Å². The van der Waals surface area contributed by atoms with E-state index in [1.165, 1.54) is 27.8 Å². The first-order valence-electron chi connectivity index (χ1n) is 13.2. The number of ether oxygens (including phenoxy) is 1. The van der Waals surface area contributed by atoms with Crippen molar-refractivity contribution in [2.24, 2.45) is 0 Å². The number of rotatable bonds is 8. The Kier molecular flexibility index (Phi) is 7.18. The van der Waals surface area contributed by atoms with Crippen LogP contribution in [-0.2, 0) is 6.42 Å². The lowest BCUT2D eigenvalue weighted by molar-refractivity contribution is 0.483. The molecule has 0 bridgehead atoms. The molecule has 2 nitrogen and oxygen atoms in total. The maximum atomic E-state index is 6.12. The Bertz CT molecular complexity index is 1480. The molecule has 0 atom stereocenters. The molecule has 2 heteroatoms. The maximum absolute atomic E-state index is 6.12. The number of anilines is 2. The lowest BCUT2D eigenvalue weighted by Crippen LogP contribution is -1.89. The summed E-state index contributed by atoms with van der Waals surface area (Å²) in [5, 5.41) is 3.42. The summed E-state index contributed by atoms with van der Waals surface area (Å²) >= 11 is 0. The minimum atomic E-state index is 0.819. The zero-order valence-electron chi connectivity index (χ0n) is 21.6. The fourth-order valence-electron chi connectivity index (χ4n) is 4.65. The maximum Gasteiger partial charge on any atom is 0.127 e. The molecular weight excluding hydrogens is 474 g/mol. The molecule has 0 unspecified atom stereocenters. The molecule has 188 valence electrons. The molecule has 0 heterocycles. The van der Waals surface area contributed by atoms with Crippen LogP contribution in [0.25, 0.3) is 22.3 Å². The minimum Gasteiger partial charge on any atom is -0.457 e. The van der Waals surface area contributed by atoms with E-state index in [0.717, 1.165) is 34.9 Å². The van der Waals surface area contributed by atoms with Gasteiger partial charge in [0.15, 0.2) is 0 Å². The van der Waals surface area contributed by atoms with Gasteiger partial charge >= 0.3 is 0 Å². The Balaban J connectivity index is 1.06. The third-order valence-corrected chi connectivity index (χ3v) is 6.76. The van der Waals surface area contributed by atoms with Gasteiger partial charge in [0.1, 0.15) is 11.5 Å². The lowest BCUT2D eigenvalue weighted by Gasteiger charge is -2.10. The molecule has 0 saturated carbocycles. The van der Waals surface area contributed by atoms with E-state index in [0.29, 0.717) is 0 Å². The number of hydrogen-bond donors (Lipinski definition) is 1. The van der Waals surface area contributed by atoms with Gasteiger partial charge in [-0.3, -0.25) is 0 Å². The predicted molar refractivity (Wildman–Crippen MR) is 163 cm³/mol. The van der Waals surface area contributed by atoms with Crippen LogP contribution >= 0.6 is 0 Å². The van der Waals surface area contributed by atoms with E-state index in [2.05, 4.69) is 121 Å². The van der Waals surface area contributed by atoms with Gasteiger partial charge in [-0.25, -0.2) is 0 Å². The Morgan fingerprint density at radius 3 is 1.26 bits per heavy atom. The van der Waals surface area contributed by atoms with Gasteiger partial charge in [-0.1, -0.05) is 109 Å². The molecule has 6 aromatic rings. The first-order valence-corrected chi connectivity index (χ1v) is 13.2. The van der Waals surface area contributed by atoms with Crippen LogP contribution < -0.4 is 10.1 Å². The molecule has 6 aromatic carbocycles. The summed E-state index contributed by atoms with van der Waals surface area (Å²) in [6.45, 7) is 0. The fourth-order valence-corrected chi connectivity index (χ4v) is 4.65. The van der Waals surface area contributed by atoms with Crippen LogP contribution in [-0.4, -0.2) is 0 Å². The van der Waals surface area contributed by atoms with E-state index in [4.69, 9.17) is 4.74 Å². The monoisotopic (exact) mass is 503 g/mol. The third kappa shape index (κ3) is 6.26. The quantitative estimate of drug-likeness (QED) is 0.223. The molecule has 0 aromatic heterocycles. The van der Waals surface area contributed by atoms with E-state index < -0.39 is 0 Å². The highest BCUT2D eigenvalue weighted by Gasteiger charge is 2.04. The average molecular weight is 504 g/mol. The van der Waals surface area contributed by atoms with Crippen molar-refractivity contribution in [2.75, 3.05) is 5.32 Å². The topological polar surface area (TPSA) is 21.3 Å². The summed E-state index contributed by atoms with van der Waals surface area (Å²) in [4.78, 5) is 0. The van der Waals surface area contributed by atoms with Gasteiger partial charge in [0, 0.05) is 11.4 Å². The van der Waals surface area contributed by atoms with Gasteiger partial charge in [0.25, 0.3) is 0 Å². The number of benzene rings is 6. The van der Waals surface area contributed by atoms with Crippen LogP contribution in [0.5, 0.6) is 11.5 Å². The van der Waals surface area contributed by atoms with Gasteiger partial charge in [-0.05, 0) is 88.3 Å². The van der Waals surface area contributed by atoms with Crippen molar-refractivity contribution in [3.8, 4) is 33.8 Å². The number of para-hydroxylation sites is 1. The van der Waals surface area contributed by atoms with E-state index in [-0.39, 0.29) is 0 Å². The summed E-state index contributed by atoms with van der Waals surface area (Å²) < 4.78 is 6.12. The van der Waals surface area contributed by atoms with E-state index in [1.54, 1.807) is 0 Å². The fraction of sp³-hybridized carbons (Fsp3) is 0.0270. The van der Waals surface area contributed by atoms with Gasteiger partial charge in [-0.15, -0.1) is 0 Å². The van der Waals surface area contributed by atoms with Crippen molar-refractivity contribution in [2.45, 2.75) is 6.42 Å². The van der Waals surface area contributed by atoms with Crippen molar-refractivity contribution in [3.63, 3.8) is 0 Å². The molecule has 1 N–H and O–H groups in total. The molecular formula is C37H29NO. The van der Waals surface area contributed by atoms with Gasteiger partial charge in [0.2, 0.25) is 0 Å². The van der Waals surface area contributed by atoms with Crippen LogP contribution in [0.15, 0.2) is 158 Å². The zero-order chi connectivity index (χ0) is 26.3. The molecule has 0 saturated heterocycles. The van der Waals surface area contributed by atoms with E-state index in [9.17, 15) is 0 Å². The van der Waals surface area contributed by atoms with Crippen LogP contribution in [0.4, 0.5) is 11.4 Å². The predicted octanol–water partition coefficient (Wildman–Crippen LogP) is 10.1. The normalized spacial score (nSPS) is 10.7. The molecule has 0 aliphatic heterocycles. The summed E-state index contributed by atoms with van der Waals surface area (Å²) in [5.41, 5.74) is 9.48. The summed E-state index contributed by atoms with van der Waals surface area (Å²) in [6.07, 6.45) is 0.948. The minimum absolute atomic E-state index is 0.819. The number of hydrogen-bond acceptors (Lipinski definition) is 2. The second-order valence-corrected chi connectivity index (χ2v) is 9.58. The van der Waals surface area contributed by atoms with E-state index >= 15 is 0 Å². The second kappa shape index (κ2) is 11.5. The highest BCUT2D eigenvalue weighted by molar-refractivity contribution is 5.69. The average Bonchev–Trinajstić information content (AvgIpc) is 3.00. The molecule has 39 heavy (non-hydrogen) atoms. The van der Waals surface area contributed by atoms with Gasteiger partial charge < -0.3 is 10.1 Å². The summed E-state index contributed by atoms with van der Waals surface area (Å²) in [6, 6.07) is 54.5. The molecule has 0 spiro atoms. The van der Waals surface area contributed by atoms with Crippen LogP contribution in [0, 0.1) is 0 Å². The summed E-state index contributed by atoms with van der Waals surface area (Å²) in [5.74, 6) is 1.64. The first-order chi connectivity index (χ1) is 19.3. The molecule has 0 amide bonds. The SMILES string of the molecule is c1ccc(Cc2ccc(-c3ccc(Oc4ccc(-c5ccc(Nc6ccccc6)cc5)cc4)cc3)cc2)cc1. The Hall–Kier alpha value is -5.08. The Labute approximate surface area is 230 Å². The van der Waals surface area contributed by atoms with Crippen LogP contribution in [0.3, 0.4) is 0 Å². The molecule has 0 aliphatic rings. The molecule has 6 rings (SSSR count). The van der Waals surface area contributed by atoms with Crippen molar-refractivity contribution in [1.82, 2.24) is 0 Å². The molecule has 0 fully saturated rings. The van der Waals surface area contributed by atoms with Gasteiger partial charge in [0.05, 0.1) is 0 Å². The van der Waals surface area contributed by atoms with Crippen molar-refractivity contribution in [1.29, 1.82) is 0 Å². The lowest BCUT2D eigenvalue weighted by atomic mass is 10.0. The Morgan fingerprint density at radius 1 is 0.359 bits per heavy atom. The smallest absolute Gasteiger partial charge is 0.127 e. The standard InChI is InChI=1S/C37H29NO/c1-3-7-28(8-4-1)27-29-11-13-30(14-12-29)32-17-23-36(24-18-32)39-37-25-19-33(20-26-37)31-15-21-35(22-16-31)38-34-9-5-2-6-10-34/h1-26,38H,27H2. The van der Waals surface area contributed by atoms with E-state index in [1.807, 2.05) is 42.5 Å². The number of nitrogens with one attached hydrogen (secondary N) is 1. The molecule has 0 aliphatic carbocycles. The zero-order valence-corrected chi connectivity index (χ0v) is 21.6. The highest BCUT2D eigenvalue weighted by atomic mass is 16.5. The largest absolute Gasteiger partial charge is 0.457 e.